The third-order valence-electron chi connectivity index (χ3n) is 19.2. The van der Waals surface area contributed by atoms with Crippen LogP contribution in [0.3, 0.4) is 0 Å². The average Bonchev–Trinajstić information content (AvgIpc) is 1.63. The number of hydrogen-bond donors (Lipinski definition) is 14. The number of imide groups is 1. The highest BCUT2D eigenvalue weighted by atomic mass is 35.5. The Morgan fingerprint density at radius 1 is 0.593 bits per heavy atom. The summed E-state index contributed by atoms with van der Waals surface area (Å²) in [6, 6.07) is 27.6. The fraction of sp³-hybridized carbons (Fsp3) is 0.410. The molecular formula is C78H97ClN16O13. The van der Waals surface area contributed by atoms with Gasteiger partial charge in [-0.3, -0.25) is 58.3 Å². The SMILES string of the molecule is CC(C)C[C@H](NC(=O)[C@@H](Cc1ccc(N)cc1)NC(=O)[C@H](Cc1ccc(CN2CCOCC2)cc1)NC(=O)[C@H](CO)NC(=O)[C@@H](Cc1ccccc1)NC(=O)C(Cc1ccc(Cl)cc1)N1C(=O)NC(Cc2ccc3ccccc3c2)C1=O)C(=O)N[C@@H](CCCNC(=N)N)C(=O)N1CCC[C@H]1C(=O)N[C@H](C)C(N)=O. The smallest absolute Gasteiger partial charge is 0.325 e. The van der Waals surface area contributed by atoms with Gasteiger partial charge in [0, 0.05) is 75.5 Å². The van der Waals surface area contributed by atoms with Crippen molar-refractivity contribution in [2.45, 2.75) is 152 Å². The average molecular weight is 1500 g/mol. The highest BCUT2D eigenvalue weighted by molar-refractivity contribution is 6.30. The summed E-state index contributed by atoms with van der Waals surface area (Å²) in [5, 5.41) is 45.6. The summed E-state index contributed by atoms with van der Waals surface area (Å²) in [4.78, 5) is 163. The molecule has 17 N–H and O–H groups in total. The molecule has 2 unspecified atom stereocenters. The number of likely N-dealkylation sites (tertiary alicyclic amines) is 1. The number of aliphatic hydroxyl groups is 1. The Kier molecular flexibility index (Phi) is 29.3. The lowest BCUT2D eigenvalue weighted by Gasteiger charge is -2.31. The van der Waals surface area contributed by atoms with Crippen molar-refractivity contribution in [1.82, 2.24) is 62.6 Å². The molecule has 10 atom stereocenters. The maximum Gasteiger partial charge on any atom is 0.325 e. The first-order chi connectivity index (χ1) is 51.8. The van der Waals surface area contributed by atoms with E-state index in [1.54, 1.807) is 91.0 Å². The van der Waals surface area contributed by atoms with E-state index in [4.69, 9.17) is 38.9 Å². The summed E-state index contributed by atoms with van der Waals surface area (Å²) < 4.78 is 5.55. The van der Waals surface area contributed by atoms with Crippen molar-refractivity contribution in [1.29, 1.82) is 5.41 Å². The first-order valence-corrected chi connectivity index (χ1v) is 36.7. The predicted octanol–water partition coefficient (Wildman–Crippen LogP) is 1.90. The molecule has 0 bridgehead atoms. The molecule has 9 rings (SSSR count). The summed E-state index contributed by atoms with van der Waals surface area (Å²) in [6.45, 7) is 7.43. The number of hydrogen-bond acceptors (Lipinski definition) is 16. The number of nitrogens with zero attached hydrogens (tertiary/aromatic N) is 3. The number of ether oxygens (including phenoxy) is 1. The molecule has 0 saturated carbocycles. The van der Waals surface area contributed by atoms with Gasteiger partial charge in [0.2, 0.25) is 53.2 Å². The maximum absolute atomic E-state index is 15.3. The van der Waals surface area contributed by atoms with Crippen molar-refractivity contribution in [2.24, 2.45) is 17.4 Å². The molecule has 574 valence electrons. The molecule has 0 aliphatic carbocycles. The third kappa shape index (κ3) is 23.2. The summed E-state index contributed by atoms with van der Waals surface area (Å²) in [6.07, 6.45) is 0.169. The molecule has 0 spiro atoms. The number of aliphatic hydroxyl groups excluding tert-OH is 1. The molecule has 3 fully saturated rings. The van der Waals surface area contributed by atoms with Crippen LogP contribution in [0.5, 0.6) is 0 Å². The number of anilines is 1. The van der Waals surface area contributed by atoms with E-state index in [2.05, 4.69) is 52.8 Å². The highest BCUT2D eigenvalue weighted by Gasteiger charge is 2.46. The fourth-order valence-corrected chi connectivity index (χ4v) is 13.5. The molecule has 3 aliphatic rings. The second kappa shape index (κ2) is 39.0. The van der Waals surface area contributed by atoms with Crippen molar-refractivity contribution in [3.8, 4) is 0 Å². The van der Waals surface area contributed by atoms with Crippen molar-refractivity contribution in [2.75, 3.05) is 51.7 Å². The minimum Gasteiger partial charge on any atom is -0.399 e. The number of nitrogens with one attached hydrogen (secondary N) is 10. The minimum atomic E-state index is -1.81. The quantitative estimate of drug-likeness (QED) is 0.00878. The van der Waals surface area contributed by atoms with Crippen LogP contribution in [0, 0.1) is 11.3 Å². The number of rotatable bonds is 36. The van der Waals surface area contributed by atoms with E-state index in [-0.39, 0.29) is 82.8 Å². The Morgan fingerprint density at radius 3 is 1.70 bits per heavy atom. The summed E-state index contributed by atoms with van der Waals surface area (Å²) in [5.74, 6) is -8.80. The van der Waals surface area contributed by atoms with Gasteiger partial charge in [0.05, 0.1) is 19.8 Å². The van der Waals surface area contributed by atoms with Crippen molar-refractivity contribution in [3.05, 3.63) is 184 Å². The number of primary amides is 1. The summed E-state index contributed by atoms with van der Waals surface area (Å²) >= 11 is 6.27. The van der Waals surface area contributed by atoms with Gasteiger partial charge in [0.15, 0.2) is 5.96 Å². The highest BCUT2D eigenvalue weighted by Crippen LogP contribution is 2.25. The van der Waals surface area contributed by atoms with E-state index < -0.39 is 132 Å². The van der Waals surface area contributed by atoms with Crippen LogP contribution in [0.4, 0.5) is 10.5 Å². The van der Waals surface area contributed by atoms with Gasteiger partial charge >= 0.3 is 6.03 Å². The molecule has 108 heavy (non-hydrogen) atoms. The fourth-order valence-electron chi connectivity index (χ4n) is 13.3. The molecule has 3 aliphatic heterocycles. The number of amides is 12. The first kappa shape index (κ1) is 81.1. The molecule has 3 heterocycles. The lowest BCUT2D eigenvalue weighted by atomic mass is 9.99. The number of morpholine rings is 1. The molecule has 12 amide bonds. The number of nitrogen functional groups attached to an aromatic ring is 1. The number of carbonyl (C=O) groups is 11. The molecule has 6 aromatic carbocycles. The van der Waals surface area contributed by atoms with Crippen molar-refractivity contribution in [3.63, 3.8) is 0 Å². The monoisotopic (exact) mass is 1500 g/mol. The van der Waals surface area contributed by atoms with E-state index in [9.17, 15) is 43.5 Å². The van der Waals surface area contributed by atoms with E-state index in [0.29, 0.717) is 72.2 Å². The lowest BCUT2D eigenvalue weighted by molar-refractivity contribution is -0.142. The molecular weight excluding hydrogens is 1400 g/mol. The Hall–Kier alpha value is -11.0. The van der Waals surface area contributed by atoms with Crippen LogP contribution in [0.1, 0.15) is 86.3 Å². The van der Waals surface area contributed by atoms with Gasteiger partial charge in [0.25, 0.3) is 5.91 Å². The van der Waals surface area contributed by atoms with Crippen LogP contribution in [-0.4, -0.2) is 197 Å². The van der Waals surface area contributed by atoms with Crippen molar-refractivity contribution < 1.29 is 62.6 Å². The van der Waals surface area contributed by atoms with E-state index >= 15 is 14.4 Å². The molecule has 30 heteroatoms. The Morgan fingerprint density at radius 2 is 1.10 bits per heavy atom. The van der Waals surface area contributed by atoms with Crippen LogP contribution < -0.4 is 65.1 Å². The zero-order valence-corrected chi connectivity index (χ0v) is 61.5. The van der Waals surface area contributed by atoms with Crippen molar-refractivity contribution >= 4 is 99.1 Å². The number of halogens is 1. The number of fused-ring (bicyclic) bond motifs is 1. The predicted molar refractivity (Wildman–Crippen MR) is 406 cm³/mol. The van der Waals surface area contributed by atoms with Gasteiger partial charge in [-0.2, -0.15) is 0 Å². The van der Waals surface area contributed by atoms with E-state index in [1.165, 1.54) is 11.8 Å². The van der Waals surface area contributed by atoms with Crippen LogP contribution in [0.25, 0.3) is 10.8 Å². The van der Waals surface area contributed by atoms with Gasteiger partial charge in [-0.05, 0) is 113 Å². The molecule has 0 aromatic heterocycles. The Balaban J connectivity index is 0.975. The summed E-state index contributed by atoms with van der Waals surface area (Å²) in [7, 11) is 0. The minimum absolute atomic E-state index is 0.00845. The number of guanidine groups is 1. The number of urea groups is 1. The van der Waals surface area contributed by atoms with Crippen LogP contribution >= 0.6 is 11.6 Å². The van der Waals surface area contributed by atoms with Crippen LogP contribution in [0.15, 0.2) is 146 Å². The second-order valence-electron chi connectivity index (χ2n) is 28.0. The van der Waals surface area contributed by atoms with Gasteiger partial charge in [0.1, 0.15) is 60.4 Å². The summed E-state index contributed by atoms with van der Waals surface area (Å²) in [5.41, 5.74) is 21.3. The number of carbonyl (C=O) groups excluding carboxylic acids is 11. The Bertz CT molecular complexity index is 4170. The van der Waals surface area contributed by atoms with Gasteiger partial charge in [-0.25, -0.2) is 9.69 Å². The largest absolute Gasteiger partial charge is 0.399 e. The molecule has 6 aromatic rings. The molecule has 0 radical (unpaired) electrons. The topological polar surface area (TPSA) is 437 Å². The van der Waals surface area contributed by atoms with Gasteiger partial charge < -0.3 is 79.8 Å². The molecule has 3 saturated heterocycles. The standard InChI is InChI=1S/C78H97ClN16O13/c1-46(2)37-59(68(98)86-58(15-9-31-84-77(82)83)75(105)94-32-10-16-65(94)73(103)85-47(3)67(81)97)87-69(99)60(41-50-24-29-57(80)30-25-50)88-70(100)61(40-49-17-19-52(20-18-49)44-93-33-35-108-36-34-93)89-72(102)64(45-96)91-71(101)62(39-48-11-5-4-6-12-48)90-74(104)66(43-51-22-27-56(79)28-23-51)95-76(106)63(92-78(95)107)42-53-21-26-54-13-7-8-14-55(54)38-53/h4-8,11-14,17-30,38,46-47,58-66,96H,9-10,15-16,31-37,39-45,80H2,1-3H3,(H2,81,97)(H,85,103)(H,86,98)(H,87,99)(H,88,100)(H,89,102)(H,90,104)(H,91,101)(H,92,107)(H4,82,83,84)/t47-,58+,59+,60-,61+,62-,63?,64+,65+,66?/m1/s1. The zero-order valence-electron chi connectivity index (χ0n) is 60.7. The maximum atomic E-state index is 15.3. The second-order valence-corrected chi connectivity index (χ2v) is 28.4. The zero-order chi connectivity index (χ0) is 77.6. The van der Waals surface area contributed by atoms with Crippen LogP contribution in [-0.2, 0) is 91.3 Å². The first-order valence-electron chi connectivity index (χ1n) is 36.3. The Labute approximate surface area is 631 Å². The van der Waals surface area contributed by atoms with Gasteiger partial charge in [-0.15, -0.1) is 0 Å². The molecule has 29 nitrogen and oxygen atoms in total. The van der Waals surface area contributed by atoms with Crippen LogP contribution in [0.2, 0.25) is 5.02 Å². The number of benzene rings is 6. The third-order valence-corrected chi connectivity index (χ3v) is 19.5. The van der Waals surface area contributed by atoms with Gasteiger partial charge in [-0.1, -0.05) is 147 Å². The lowest BCUT2D eigenvalue weighted by Crippen LogP contribution is -2.61. The normalized spacial score (nSPS) is 17.4. The number of nitrogens with two attached hydrogens (primary N) is 3. The van der Waals surface area contributed by atoms with E-state index in [0.717, 1.165) is 26.8 Å². The van der Waals surface area contributed by atoms with E-state index in [1.807, 2.05) is 68.4 Å².